The van der Waals surface area contributed by atoms with Gasteiger partial charge in [0.1, 0.15) is 11.4 Å². The van der Waals surface area contributed by atoms with E-state index in [2.05, 4.69) is 26.7 Å². The Morgan fingerprint density at radius 1 is 1.03 bits per heavy atom. The summed E-state index contributed by atoms with van der Waals surface area (Å²) in [6.45, 7) is 9.84. The van der Waals surface area contributed by atoms with Gasteiger partial charge in [0.15, 0.2) is 0 Å². The summed E-state index contributed by atoms with van der Waals surface area (Å²) in [5.41, 5.74) is 7.62. The predicted octanol–water partition coefficient (Wildman–Crippen LogP) is 1.28. The van der Waals surface area contributed by atoms with Crippen molar-refractivity contribution in [2.75, 3.05) is 68.1 Å². The molecule has 0 bridgehead atoms. The number of rotatable bonds is 4. The lowest BCUT2D eigenvalue weighted by molar-refractivity contribution is -0.150. The van der Waals surface area contributed by atoms with Gasteiger partial charge in [-0.1, -0.05) is 0 Å². The summed E-state index contributed by atoms with van der Waals surface area (Å²) in [6.07, 6.45) is 6.89. The summed E-state index contributed by atoms with van der Waals surface area (Å²) in [7, 11) is 0. The number of carbonyl (C=O) groups excluding carboxylic acids is 1. The second-order valence-corrected chi connectivity index (χ2v) is 10.7. The maximum atomic E-state index is 13.4. The van der Waals surface area contributed by atoms with Crippen LogP contribution < -0.4 is 15.5 Å². The zero-order valence-corrected chi connectivity index (χ0v) is 21.1. The van der Waals surface area contributed by atoms with Crippen molar-refractivity contribution in [1.29, 1.82) is 0 Å². The van der Waals surface area contributed by atoms with Gasteiger partial charge >= 0.3 is 0 Å². The number of hydrogen-bond acceptors (Lipinski definition) is 10. The van der Waals surface area contributed by atoms with Crippen LogP contribution in [0.5, 0.6) is 0 Å². The number of anilines is 3. The fourth-order valence-electron chi connectivity index (χ4n) is 5.99. The summed E-state index contributed by atoms with van der Waals surface area (Å²) in [5.74, 6) is 1.98. The SMILES string of the molecule is CC1(C(=O)N2CC[C@](C)(N3CCc4c(-c5cnc(N)nc5)nc(N5CCOCC5)nc43)C2)CCCO1. The van der Waals surface area contributed by atoms with Crippen molar-refractivity contribution >= 4 is 23.6 Å². The highest BCUT2D eigenvalue weighted by Crippen LogP contribution is 2.42. The highest BCUT2D eigenvalue weighted by molar-refractivity contribution is 5.85. The van der Waals surface area contributed by atoms with Crippen LogP contribution in [0, 0.1) is 0 Å². The predicted molar refractivity (Wildman–Crippen MR) is 135 cm³/mol. The number of hydrogen-bond donors (Lipinski definition) is 1. The molecule has 2 atom stereocenters. The lowest BCUT2D eigenvalue weighted by Gasteiger charge is -2.38. The molecule has 6 heterocycles. The number of likely N-dealkylation sites (tertiary alicyclic amines) is 1. The van der Waals surface area contributed by atoms with Crippen LogP contribution in [0.4, 0.5) is 17.7 Å². The fraction of sp³-hybridized carbons (Fsp3) is 0.640. The molecule has 1 amide bonds. The number of nitrogen functional groups attached to an aromatic ring is 1. The Kier molecular flexibility index (Phi) is 5.71. The van der Waals surface area contributed by atoms with Crippen molar-refractivity contribution in [3.05, 3.63) is 18.0 Å². The maximum Gasteiger partial charge on any atom is 0.254 e. The van der Waals surface area contributed by atoms with Crippen LogP contribution in [0.15, 0.2) is 12.4 Å². The molecule has 3 fully saturated rings. The third-order valence-corrected chi connectivity index (χ3v) is 8.12. The van der Waals surface area contributed by atoms with Crippen molar-refractivity contribution in [2.24, 2.45) is 0 Å². The number of fused-ring (bicyclic) bond motifs is 1. The van der Waals surface area contributed by atoms with Gasteiger partial charge in [-0.25, -0.2) is 15.0 Å². The Hall–Kier alpha value is -3.05. The summed E-state index contributed by atoms with van der Waals surface area (Å²) < 4.78 is 11.4. The molecule has 11 heteroatoms. The molecule has 0 aliphatic carbocycles. The van der Waals surface area contributed by atoms with Gasteiger partial charge in [0.25, 0.3) is 5.91 Å². The second kappa shape index (κ2) is 8.81. The lowest BCUT2D eigenvalue weighted by atomic mass is 9.98. The number of carbonyl (C=O) groups is 1. The van der Waals surface area contributed by atoms with E-state index in [1.54, 1.807) is 12.4 Å². The minimum Gasteiger partial charge on any atom is -0.378 e. The van der Waals surface area contributed by atoms with Gasteiger partial charge in [-0.15, -0.1) is 0 Å². The third-order valence-electron chi connectivity index (χ3n) is 8.12. The first-order valence-corrected chi connectivity index (χ1v) is 12.9. The van der Waals surface area contributed by atoms with Gasteiger partial charge in [0.05, 0.1) is 24.4 Å². The molecule has 0 saturated carbocycles. The van der Waals surface area contributed by atoms with Gasteiger partial charge in [-0.3, -0.25) is 4.79 Å². The molecule has 4 aliphatic heterocycles. The van der Waals surface area contributed by atoms with E-state index in [4.69, 9.17) is 25.2 Å². The van der Waals surface area contributed by atoms with E-state index in [-0.39, 0.29) is 17.4 Å². The Morgan fingerprint density at radius 2 is 1.81 bits per heavy atom. The van der Waals surface area contributed by atoms with E-state index < -0.39 is 5.60 Å². The van der Waals surface area contributed by atoms with Crippen LogP contribution in [-0.2, 0) is 20.7 Å². The molecule has 11 nitrogen and oxygen atoms in total. The maximum absolute atomic E-state index is 13.4. The van der Waals surface area contributed by atoms with Crippen LogP contribution in [-0.4, -0.2) is 94.4 Å². The number of morpholine rings is 1. The van der Waals surface area contributed by atoms with Crippen LogP contribution in [0.25, 0.3) is 11.3 Å². The third kappa shape index (κ3) is 3.94. The molecule has 2 aromatic rings. The first-order chi connectivity index (χ1) is 17.4. The molecular weight excluding hydrogens is 460 g/mol. The zero-order chi connectivity index (χ0) is 24.9. The molecule has 36 heavy (non-hydrogen) atoms. The Labute approximate surface area is 211 Å². The molecule has 1 unspecified atom stereocenters. The summed E-state index contributed by atoms with van der Waals surface area (Å²) in [5, 5.41) is 0. The minimum atomic E-state index is -0.692. The number of aromatic nitrogens is 4. The molecule has 6 rings (SSSR count). The van der Waals surface area contributed by atoms with Crippen LogP contribution in [0.3, 0.4) is 0 Å². The first kappa shape index (κ1) is 23.4. The van der Waals surface area contributed by atoms with Crippen LogP contribution in [0.2, 0.25) is 0 Å². The van der Waals surface area contributed by atoms with E-state index >= 15 is 0 Å². The van der Waals surface area contributed by atoms with Crippen LogP contribution >= 0.6 is 0 Å². The van der Waals surface area contributed by atoms with Gasteiger partial charge in [-0.05, 0) is 39.5 Å². The average Bonchev–Trinajstić information content (AvgIpc) is 3.63. The van der Waals surface area contributed by atoms with E-state index in [0.29, 0.717) is 32.3 Å². The monoisotopic (exact) mass is 494 g/mol. The van der Waals surface area contributed by atoms with E-state index in [1.165, 1.54) is 0 Å². The fourth-order valence-corrected chi connectivity index (χ4v) is 5.99. The highest BCUT2D eigenvalue weighted by atomic mass is 16.5. The van der Waals surface area contributed by atoms with Crippen LogP contribution in [0.1, 0.15) is 38.7 Å². The molecule has 2 N–H and O–H groups in total. The van der Waals surface area contributed by atoms with Crippen molar-refractivity contribution in [3.8, 4) is 11.3 Å². The minimum absolute atomic E-state index is 0.111. The van der Waals surface area contributed by atoms with Crippen molar-refractivity contribution < 1.29 is 14.3 Å². The summed E-state index contributed by atoms with van der Waals surface area (Å²) in [6, 6.07) is 0. The Morgan fingerprint density at radius 3 is 2.53 bits per heavy atom. The normalized spacial score (nSPS) is 28.1. The molecule has 3 saturated heterocycles. The first-order valence-electron chi connectivity index (χ1n) is 12.9. The smallest absolute Gasteiger partial charge is 0.254 e. The summed E-state index contributed by atoms with van der Waals surface area (Å²) >= 11 is 0. The summed E-state index contributed by atoms with van der Waals surface area (Å²) in [4.78, 5) is 38.4. The molecule has 192 valence electrons. The molecule has 0 aromatic carbocycles. The molecular formula is C25H34N8O3. The van der Waals surface area contributed by atoms with Crippen molar-refractivity contribution in [1.82, 2.24) is 24.8 Å². The van der Waals surface area contributed by atoms with Gasteiger partial charge in [0, 0.05) is 62.9 Å². The number of amides is 1. The number of nitrogens with two attached hydrogens (primary N) is 1. The van der Waals surface area contributed by atoms with Crippen molar-refractivity contribution in [3.63, 3.8) is 0 Å². The van der Waals surface area contributed by atoms with Gasteiger partial charge < -0.3 is 29.9 Å². The molecule has 2 aromatic heterocycles. The second-order valence-electron chi connectivity index (χ2n) is 10.7. The van der Waals surface area contributed by atoms with Crippen molar-refractivity contribution in [2.45, 2.75) is 50.7 Å². The Bertz CT molecular complexity index is 1150. The molecule has 4 aliphatic rings. The topological polar surface area (TPSA) is 123 Å². The number of nitrogens with zero attached hydrogens (tertiary/aromatic N) is 7. The van der Waals surface area contributed by atoms with Gasteiger partial charge in [0.2, 0.25) is 11.9 Å². The van der Waals surface area contributed by atoms with E-state index in [1.807, 2.05) is 11.8 Å². The molecule has 0 spiro atoms. The number of ether oxygens (including phenoxy) is 2. The zero-order valence-electron chi connectivity index (χ0n) is 21.1. The standard InChI is InChI=1S/C25H34N8O3/c1-24(6-8-32(16-24)21(34)25(2)5-3-11-36-25)33-7-4-18-19(17-14-27-22(26)28-15-17)29-23(30-20(18)33)31-9-12-35-13-10-31/h14-15H,3-13,16H2,1-2H3,(H2,26,27,28)/t24-,25?/m0/s1. The highest BCUT2D eigenvalue weighted by Gasteiger charge is 2.49. The largest absolute Gasteiger partial charge is 0.378 e. The average molecular weight is 495 g/mol. The quantitative estimate of drug-likeness (QED) is 0.665. The lowest BCUT2D eigenvalue weighted by Crippen LogP contribution is -2.51. The van der Waals surface area contributed by atoms with Gasteiger partial charge in [-0.2, -0.15) is 4.98 Å². The molecule has 0 radical (unpaired) electrons. The Balaban J connectivity index is 1.34. The van der Waals surface area contributed by atoms with E-state index in [0.717, 1.165) is 74.5 Å². The van der Waals surface area contributed by atoms with E-state index in [9.17, 15) is 4.79 Å².